The first kappa shape index (κ1) is 37.5. The lowest BCUT2D eigenvalue weighted by atomic mass is 9.83. The van der Waals surface area contributed by atoms with Crippen molar-refractivity contribution < 1.29 is 59.1 Å². The Hall–Kier alpha value is -3.28. The van der Waals surface area contributed by atoms with Crippen LogP contribution in [0.25, 0.3) is 6.08 Å². The number of aliphatic hydroxyl groups excluding tert-OH is 5. The average molecular weight is 733 g/mol. The van der Waals surface area contributed by atoms with E-state index in [-0.39, 0.29) is 30.5 Å². The van der Waals surface area contributed by atoms with E-state index in [0.29, 0.717) is 27.8 Å². The molecule has 1 aliphatic carbocycles. The van der Waals surface area contributed by atoms with Crippen molar-refractivity contribution in [3.8, 4) is 17.2 Å². The van der Waals surface area contributed by atoms with Crippen molar-refractivity contribution in [3.05, 3.63) is 69.8 Å². The standard InChI is InChI=1S/C36H45ClN2O12/c1-17(10-12-47-24-7-3-6-21(25(24)37)20-5-4-11-38-15-20)32-30(44)31(45)36(51-32)50-23-9-8-19(14-22(23)40)13-18(2)35(46)39-26-27(41)29(43)34-33(28(26)42)48-16-49-34/h3,6-10,13-14,20,26-34,36,38,40-45H,4-5,11-12,15-16H2,1-2H3,(H,39,46)/t20?,26-,27+,28-,29-,30+,31+,32-,33+,34-,36-/m1/s1. The lowest BCUT2D eigenvalue weighted by Crippen LogP contribution is -2.67. The van der Waals surface area contributed by atoms with E-state index >= 15 is 0 Å². The van der Waals surface area contributed by atoms with Crippen LogP contribution in [0.15, 0.2) is 53.6 Å². The zero-order valence-corrected chi connectivity index (χ0v) is 29.0. The molecule has 3 saturated heterocycles. The SMILES string of the molecule is CC(=Cc1ccc(O[C@@H]2O[C@H](C(C)=CCOc3cccc(C4CCCNC4)c3Cl)[C@@H](O)[C@@H]2O)c(O)c1)C(=O)N[C@@H]1[C@H](O)[C@@H](O)[C@H]2OCO[C@H]2[C@@H]1O. The second-order valence-electron chi connectivity index (χ2n) is 13.4. The number of ether oxygens (including phenoxy) is 5. The molecule has 2 aromatic carbocycles. The van der Waals surface area contributed by atoms with Gasteiger partial charge < -0.3 is 65.0 Å². The Morgan fingerprint density at radius 3 is 2.49 bits per heavy atom. The number of nitrogens with one attached hydrogen (secondary N) is 2. The highest BCUT2D eigenvalue weighted by atomic mass is 35.5. The summed E-state index contributed by atoms with van der Waals surface area (Å²) in [5.74, 6) is -0.115. The zero-order valence-electron chi connectivity index (χ0n) is 28.2. The van der Waals surface area contributed by atoms with Gasteiger partial charge in [0.25, 0.3) is 0 Å². The fourth-order valence-electron chi connectivity index (χ4n) is 6.96. The molecule has 278 valence electrons. The molecule has 0 bridgehead atoms. The summed E-state index contributed by atoms with van der Waals surface area (Å²) >= 11 is 6.69. The summed E-state index contributed by atoms with van der Waals surface area (Å²) in [5.41, 5.74) is 2.22. The number of piperidine rings is 1. The minimum atomic E-state index is -1.50. The number of carbonyl (C=O) groups is 1. The maximum absolute atomic E-state index is 12.9. The van der Waals surface area contributed by atoms with Gasteiger partial charge in [-0.15, -0.1) is 0 Å². The van der Waals surface area contributed by atoms with Crippen molar-refractivity contribution in [3.63, 3.8) is 0 Å². The van der Waals surface area contributed by atoms with Gasteiger partial charge in [-0.25, -0.2) is 0 Å². The number of phenols is 1. The smallest absolute Gasteiger partial charge is 0.247 e. The number of rotatable bonds is 10. The Balaban J connectivity index is 1.04. The fourth-order valence-corrected chi connectivity index (χ4v) is 7.29. The number of carbonyl (C=O) groups excluding carboxylic acids is 1. The van der Waals surface area contributed by atoms with Crippen LogP contribution in [0.2, 0.25) is 5.02 Å². The summed E-state index contributed by atoms with van der Waals surface area (Å²) < 4.78 is 28.1. The first-order chi connectivity index (χ1) is 24.4. The van der Waals surface area contributed by atoms with Gasteiger partial charge in [0.05, 0.1) is 11.1 Å². The molecule has 2 aromatic rings. The maximum Gasteiger partial charge on any atom is 0.247 e. The van der Waals surface area contributed by atoms with Crippen molar-refractivity contribution in [2.24, 2.45) is 0 Å². The van der Waals surface area contributed by atoms with Crippen LogP contribution in [-0.4, -0.2) is 124 Å². The number of hydrogen-bond acceptors (Lipinski definition) is 13. The van der Waals surface area contributed by atoms with Gasteiger partial charge in [-0.3, -0.25) is 4.79 Å². The van der Waals surface area contributed by atoms with Crippen LogP contribution in [0.4, 0.5) is 0 Å². The van der Waals surface area contributed by atoms with Gasteiger partial charge in [-0.2, -0.15) is 0 Å². The summed E-state index contributed by atoms with van der Waals surface area (Å²) in [5, 5.41) is 70.2. The zero-order chi connectivity index (χ0) is 36.4. The molecular formula is C36H45ClN2O12. The Kier molecular flexibility index (Phi) is 11.9. The van der Waals surface area contributed by atoms with Gasteiger partial charge in [0.2, 0.25) is 12.2 Å². The first-order valence-electron chi connectivity index (χ1n) is 17.0. The summed E-state index contributed by atoms with van der Waals surface area (Å²) in [6.07, 6.45) is -5.64. The largest absolute Gasteiger partial charge is 0.504 e. The first-order valence-corrected chi connectivity index (χ1v) is 17.4. The quantitative estimate of drug-likeness (QED) is 0.127. The van der Waals surface area contributed by atoms with E-state index in [4.69, 9.17) is 35.3 Å². The minimum absolute atomic E-state index is 0.0328. The molecule has 15 heteroatoms. The molecule has 0 radical (unpaired) electrons. The van der Waals surface area contributed by atoms with Crippen LogP contribution in [-0.2, 0) is 19.0 Å². The molecule has 6 rings (SSSR count). The van der Waals surface area contributed by atoms with Gasteiger partial charge in [-0.1, -0.05) is 29.8 Å². The van der Waals surface area contributed by atoms with Crippen LogP contribution in [0, 0.1) is 0 Å². The monoisotopic (exact) mass is 732 g/mol. The van der Waals surface area contributed by atoms with Gasteiger partial charge in [0.15, 0.2) is 11.5 Å². The normalized spacial score (nSPS) is 34.2. The Labute approximate surface area is 300 Å². The lowest BCUT2D eigenvalue weighted by molar-refractivity contribution is -0.155. The third-order valence-electron chi connectivity index (χ3n) is 9.91. The molecule has 51 heavy (non-hydrogen) atoms. The number of aromatic hydroxyl groups is 1. The molecule has 3 heterocycles. The van der Waals surface area contributed by atoms with E-state index in [1.54, 1.807) is 25.1 Å². The number of benzene rings is 2. The van der Waals surface area contributed by atoms with Crippen LogP contribution in [0.5, 0.6) is 17.2 Å². The predicted octanol–water partition coefficient (Wildman–Crippen LogP) is 1.09. The average Bonchev–Trinajstić information content (AvgIpc) is 3.73. The van der Waals surface area contributed by atoms with Crippen LogP contribution >= 0.6 is 11.6 Å². The van der Waals surface area contributed by atoms with Crippen LogP contribution in [0.1, 0.15) is 43.7 Å². The maximum atomic E-state index is 12.9. The molecule has 3 aliphatic heterocycles. The Bertz CT molecular complexity index is 1620. The van der Waals surface area contributed by atoms with E-state index < -0.39 is 67.1 Å². The molecule has 4 fully saturated rings. The number of aliphatic hydroxyl groups is 5. The van der Waals surface area contributed by atoms with Gasteiger partial charge >= 0.3 is 0 Å². The van der Waals surface area contributed by atoms with Crippen LogP contribution in [0.3, 0.4) is 0 Å². The van der Waals surface area contributed by atoms with E-state index in [0.717, 1.165) is 31.5 Å². The van der Waals surface area contributed by atoms with Crippen molar-refractivity contribution in [2.45, 2.75) is 93.8 Å². The summed E-state index contributed by atoms with van der Waals surface area (Å²) in [7, 11) is 0. The van der Waals surface area contributed by atoms with E-state index in [9.17, 15) is 35.4 Å². The molecule has 14 nitrogen and oxygen atoms in total. The van der Waals surface area contributed by atoms with Gasteiger partial charge in [-0.05, 0) is 86.2 Å². The summed E-state index contributed by atoms with van der Waals surface area (Å²) in [6.45, 7) is 5.10. The molecule has 0 aromatic heterocycles. The molecule has 11 atom stereocenters. The number of fused-ring (bicyclic) bond motifs is 1. The Morgan fingerprint density at radius 2 is 1.76 bits per heavy atom. The van der Waals surface area contributed by atoms with Gasteiger partial charge in [0.1, 0.15) is 68.0 Å². The van der Waals surface area contributed by atoms with E-state index in [1.165, 1.54) is 25.1 Å². The number of hydrogen-bond donors (Lipinski definition) is 8. The van der Waals surface area contributed by atoms with E-state index in [2.05, 4.69) is 10.6 Å². The number of amides is 1. The lowest BCUT2D eigenvalue weighted by Gasteiger charge is -2.41. The van der Waals surface area contributed by atoms with E-state index in [1.807, 2.05) is 12.1 Å². The third kappa shape index (κ3) is 8.05. The van der Waals surface area contributed by atoms with Crippen molar-refractivity contribution in [2.75, 3.05) is 26.5 Å². The highest BCUT2D eigenvalue weighted by molar-refractivity contribution is 6.32. The summed E-state index contributed by atoms with van der Waals surface area (Å²) in [6, 6.07) is 8.82. The molecule has 0 spiro atoms. The molecule has 1 amide bonds. The number of phenolic OH excluding ortho intramolecular Hbond substituents is 1. The topological polar surface area (TPSA) is 209 Å². The predicted molar refractivity (Wildman–Crippen MR) is 183 cm³/mol. The van der Waals surface area contributed by atoms with Crippen molar-refractivity contribution >= 4 is 23.6 Å². The fraction of sp³-hybridized carbons (Fsp3) is 0.528. The molecular weight excluding hydrogens is 688 g/mol. The molecule has 1 saturated carbocycles. The number of halogens is 1. The highest BCUT2D eigenvalue weighted by Gasteiger charge is 2.53. The Morgan fingerprint density at radius 1 is 1.00 bits per heavy atom. The molecule has 8 N–H and O–H groups in total. The van der Waals surface area contributed by atoms with Crippen molar-refractivity contribution in [1.82, 2.24) is 10.6 Å². The second kappa shape index (κ2) is 16.2. The summed E-state index contributed by atoms with van der Waals surface area (Å²) in [4.78, 5) is 12.9. The molecule has 1 unspecified atom stereocenters. The van der Waals surface area contributed by atoms with Crippen molar-refractivity contribution in [1.29, 1.82) is 0 Å². The second-order valence-corrected chi connectivity index (χ2v) is 13.8. The third-order valence-corrected chi connectivity index (χ3v) is 10.3. The molecule has 4 aliphatic rings. The minimum Gasteiger partial charge on any atom is -0.504 e. The van der Waals surface area contributed by atoms with Crippen LogP contribution < -0.4 is 20.1 Å². The highest BCUT2D eigenvalue weighted by Crippen LogP contribution is 2.37. The van der Waals surface area contributed by atoms with Gasteiger partial charge in [0, 0.05) is 12.1 Å².